The molecule has 0 bridgehead atoms. The Bertz CT molecular complexity index is 827. The number of aryl methyl sites for hydroxylation is 1. The minimum absolute atomic E-state index is 0.0141. The number of esters is 1. The molecule has 0 spiro atoms. The molecule has 6 nitrogen and oxygen atoms in total. The third kappa shape index (κ3) is 4.51. The van der Waals surface area contributed by atoms with E-state index in [0.717, 1.165) is 36.8 Å². The molecule has 0 unspecified atom stereocenters. The number of carbonyl (C=O) groups is 2. The number of nitrogens with zero attached hydrogens (tertiary/aromatic N) is 1. The third-order valence-electron chi connectivity index (χ3n) is 5.76. The second-order valence-electron chi connectivity index (χ2n) is 7.62. The van der Waals surface area contributed by atoms with Crippen molar-refractivity contribution in [3.05, 3.63) is 34.9 Å². The lowest BCUT2D eigenvalue weighted by molar-refractivity contribution is -0.139. The molecule has 0 N–H and O–H groups in total. The molecule has 1 aromatic carbocycles. The highest BCUT2D eigenvalue weighted by Gasteiger charge is 2.39. The van der Waals surface area contributed by atoms with Crippen LogP contribution < -0.4 is 0 Å². The van der Waals surface area contributed by atoms with Crippen LogP contribution in [0.25, 0.3) is 0 Å². The Kier molecular flexibility index (Phi) is 5.89. The Morgan fingerprint density at radius 2 is 1.81 bits per heavy atom. The van der Waals surface area contributed by atoms with Gasteiger partial charge in [0.1, 0.15) is 0 Å². The van der Waals surface area contributed by atoms with Crippen molar-refractivity contribution in [2.45, 2.75) is 58.0 Å². The molecule has 7 heteroatoms. The van der Waals surface area contributed by atoms with Gasteiger partial charge in [0.05, 0.1) is 17.1 Å². The van der Waals surface area contributed by atoms with E-state index in [4.69, 9.17) is 4.74 Å². The molecule has 1 saturated heterocycles. The number of carbonyl (C=O) groups excluding carboxylic acids is 2. The fourth-order valence-corrected chi connectivity index (χ4v) is 5.85. The molecular formula is C20H27NO5S. The number of ether oxygens (including phenoxy) is 1. The molecule has 1 amide bonds. The lowest BCUT2D eigenvalue weighted by atomic mass is 10.0. The van der Waals surface area contributed by atoms with Crippen molar-refractivity contribution in [3.63, 3.8) is 0 Å². The predicted octanol–water partition coefficient (Wildman–Crippen LogP) is 2.42. The molecule has 1 atom stereocenters. The molecular weight excluding hydrogens is 366 g/mol. The van der Waals surface area contributed by atoms with Gasteiger partial charge in [-0.25, -0.2) is 13.2 Å². The number of rotatable bonds is 5. The van der Waals surface area contributed by atoms with Crippen LogP contribution in [0.3, 0.4) is 0 Å². The molecule has 2 fully saturated rings. The normalized spacial score (nSPS) is 21.9. The minimum atomic E-state index is -3.09. The zero-order valence-corrected chi connectivity index (χ0v) is 16.8. The van der Waals surface area contributed by atoms with Crippen molar-refractivity contribution < 1.29 is 22.7 Å². The number of hydrogen-bond acceptors (Lipinski definition) is 5. The molecule has 2 aliphatic rings. The highest BCUT2D eigenvalue weighted by molar-refractivity contribution is 7.91. The molecule has 1 heterocycles. The lowest BCUT2D eigenvalue weighted by Gasteiger charge is -2.33. The fraction of sp³-hybridized carbons (Fsp3) is 0.600. The van der Waals surface area contributed by atoms with Gasteiger partial charge in [-0.3, -0.25) is 4.79 Å². The zero-order valence-electron chi connectivity index (χ0n) is 15.9. The van der Waals surface area contributed by atoms with Gasteiger partial charge in [0, 0.05) is 12.1 Å². The number of amides is 1. The maximum atomic E-state index is 12.9. The van der Waals surface area contributed by atoms with Crippen molar-refractivity contribution in [2.75, 3.05) is 18.1 Å². The third-order valence-corrected chi connectivity index (χ3v) is 7.51. The quantitative estimate of drug-likeness (QED) is 0.718. The summed E-state index contributed by atoms with van der Waals surface area (Å²) < 4.78 is 29.1. The van der Waals surface area contributed by atoms with Gasteiger partial charge in [-0.2, -0.15) is 0 Å². The van der Waals surface area contributed by atoms with E-state index in [9.17, 15) is 18.0 Å². The molecule has 1 aromatic rings. The van der Waals surface area contributed by atoms with Gasteiger partial charge in [0.2, 0.25) is 0 Å². The van der Waals surface area contributed by atoms with Gasteiger partial charge in [0.15, 0.2) is 16.4 Å². The summed E-state index contributed by atoms with van der Waals surface area (Å²) in [6, 6.07) is 5.14. The Morgan fingerprint density at radius 1 is 1.11 bits per heavy atom. The lowest BCUT2D eigenvalue weighted by Crippen LogP contribution is -2.48. The molecule has 27 heavy (non-hydrogen) atoms. The van der Waals surface area contributed by atoms with E-state index in [1.54, 1.807) is 17.0 Å². The van der Waals surface area contributed by atoms with Crippen molar-refractivity contribution in [1.29, 1.82) is 0 Å². The predicted molar refractivity (Wildman–Crippen MR) is 102 cm³/mol. The summed E-state index contributed by atoms with van der Waals surface area (Å²) in [6.45, 7) is 3.42. The van der Waals surface area contributed by atoms with E-state index >= 15 is 0 Å². The second kappa shape index (κ2) is 8.00. The summed E-state index contributed by atoms with van der Waals surface area (Å²) >= 11 is 0. The van der Waals surface area contributed by atoms with E-state index in [1.165, 1.54) is 0 Å². The van der Waals surface area contributed by atoms with Crippen LogP contribution in [0.15, 0.2) is 18.2 Å². The fourth-order valence-electron chi connectivity index (χ4n) is 4.13. The second-order valence-corrected chi connectivity index (χ2v) is 9.85. The van der Waals surface area contributed by atoms with Crippen molar-refractivity contribution in [1.82, 2.24) is 4.90 Å². The highest BCUT2D eigenvalue weighted by Crippen LogP contribution is 2.29. The average molecular weight is 394 g/mol. The van der Waals surface area contributed by atoms with E-state index < -0.39 is 15.8 Å². The van der Waals surface area contributed by atoms with Crippen LogP contribution in [0.2, 0.25) is 0 Å². The highest BCUT2D eigenvalue weighted by atomic mass is 32.2. The first-order chi connectivity index (χ1) is 12.8. The minimum Gasteiger partial charge on any atom is -0.452 e. The van der Waals surface area contributed by atoms with Crippen molar-refractivity contribution in [2.24, 2.45) is 0 Å². The van der Waals surface area contributed by atoms with Gasteiger partial charge < -0.3 is 9.64 Å². The van der Waals surface area contributed by atoms with Crippen LogP contribution in [0.5, 0.6) is 0 Å². The van der Waals surface area contributed by atoms with Crippen LogP contribution in [0.1, 0.15) is 53.6 Å². The summed E-state index contributed by atoms with van der Waals surface area (Å²) in [6.07, 6.45) is 4.31. The van der Waals surface area contributed by atoms with Crippen LogP contribution >= 0.6 is 0 Å². The van der Waals surface area contributed by atoms with Crippen LogP contribution in [0.4, 0.5) is 0 Å². The average Bonchev–Trinajstić information content (AvgIpc) is 3.25. The summed E-state index contributed by atoms with van der Waals surface area (Å²) in [5, 5.41) is 0. The van der Waals surface area contributed by atoms with Crippen LogP contribution in [-0.2, 0) is 19.4 Å². The summed E-state index contributed by atoms with van der Waals surface area (Å²) in [5.41, 5.74) is 2.28. The van der Waals surface area contributed by atoms with E-state index in [1.807, 2.05) is 19.9 Å². The molecule has 1 saturated carbocycles. The molecule has 0 radical (unpaired) electrons. The van der Waals surface area contributed by atoms with Crippen LogP contribution in [0, 0.1) is 13.8 Å². The first-order valence-corrected chi connectivity index (χ1v) is 11.4. The zero-order chi connectivity index (χ0) is 19.6. The number of benzene rings is 1. The Balaban J connectivity index is 1.69. The SMILES string of the molecule is Cc1cccc(C(=O)OCC(=O)N(C2CCCC2)[C@@H]2CCS(=O)(=O)C2)c1C. The number of sulfone groups is 1. The Morgan fingerprint density at radius 3 is 2.44 bits per heavy atom. The number of hydrogen-bond donors (Lipinski definition) is 0. The van der Waals surface area contributed by atoms with Gasteiger partial charge in [-0.1, -0.05) is 25.0 Å². The van der Waals surface area contributed by atoms with E-state index in [0.29, 0.717) is 12.0 Å². The topological polar surface area (TPSA) is 80.8 Å². The summed E-state index contributed by atoms with van der Waals surface area (Å²) in [4.78, 5) is 27.0. The first kappa shape index (κ1) is 19.9. The summed E-state index contributed by atoms with van der Waals surface area (Å²) in [7, 11) is -3.09. The molecule has 148 valence electrons. The Hall–Kier alpha value is -1.89. The Labute approximate surface area is 160 Å². The van der Waals surface area contributed by atoms with E-state index in [2.05, 4.69) is 0 Å². The maximum absolute atomic E-state index is 12.9. The van der Waals surface area contributed by atoms with Crippen LogP contribution in [-0.4, -0.2) is 55.4 Å². The first-order valence-electron chi connectivity index (χ1n) is 9.53. The van der Waals surface area contributed by atoms with Gasteiger partial charge in [-0.15, -0.1) is 0 Å². The largest absolute Gasteiger partial charge is 0.452 e. The van der Waals surface area contributed by atoms with Crippen molar-refractivity contribution >= 4 is 21.7 Å². The van der Waals surface area contributed by atoms with Gasteiger partial charge in [-0.05, 0) is 50.3 Å². The molecule has 1 aliphatic heterocycles. The molecule has 3 rings (SSSR count). The van der Waals surface area contributed by atoms with Gasteiger partial charge >= 0.3 is 5.97 Å². The van der Waals surface area contributed by atoms with Gasteiger partial charge in [0.25, 0.3) is 5.91 Å². The molecule has 1 aliphatic carbocycles. The molecule has 0 aromatic heterocycles. The maximum Gasteiger partial charge on any atom is 0.338 e. The monoisotopic (exact) mass is 393 g/mol. The summed E-state index contributed by atoms with van der Waals surface area (Å²) in [5.74, 6) is -0.672. The standard InChI is InChI=1S/C20H27NO5S/c1-14-6-5-9-18(15(14)2)20(23)26-12-19(22)21(16-7-3-4-8-16)17-10-11-27(24,25)13-17/h5-6,9,16-17H,3-4,7-8,10-13H2,1-2H3/t17-/m1/s1. The van der Waals surface area contributed by atoms with Crippen molar-refractivity contribution in [3.8, 4) is 0 Å². The van der Waals surface area contributed by atoms with E-state index in [-0.39, 0.29) is 36.1 Å². The smallest absolute Gasteiger partial charge is 0.338 e.